The van der Waals surface area contributed by atoms with Gasteiger partial charge in [0.15, 0.2) is 5.78 Å². The summed E-state index contributed by atoms with van der Waals surface area (Å²) in [4.78, 5) is 12.6. The standard InChI is InChI=1S/C16H20O2/c1-9-7-8-13(16(18-3)10(9)2)15(17)14-11-5-4-6-12(11)14/h7-8,11-12,14H,4-6H2,1-3H3. The Morgan fingerprint density at radius 2 is 1.89 bits per heavy atom. The molecule has 3 rings (SSSR count). The van der Waals surface area contributed by atoms with E-state index in [1.54, 1.807) is 7.11 Å². The molecule has 0 heterocycles. The van der Waals surface area contributed by atoms with E-state index in [9.17, 15) is 4.79 Å². The number of ether oxygens (including phenoxy) is 1. The average molecular weight is 244 g/mol. The number of benzene rings is 1. The first-order valence-electron chi connectivity index (χ1n) is 6.83. The van der Waals surface area contributed by atoms with Crippen LogP contribution in [0.5, 0.6) is 5.75 Å². The maximum Gasteiger partial charge on any atom is 0.170 e. The van der Waals surface area contributed by atoms with Gasteiger partial charge in [-0.05, 0) is 55.7 Å². The fourth-order valence-corrected chi connectivity index (χ4v) is 3.64. The third-order valence-electron chi connectivity index (χ3n) is 4.86. The van der Waals surface area contributed by atoms with Crippen molar-refractivity contribution >= 4 is 5.78 Å². The second kappa shape index (κ2) is 4.11. The third kappa shape index (κ3) is 1.58. The van der Waals surface area contributed by atoms with Gasteiger partial charge < -0.3 is 4.74 Å². The van der Waals surface area contributed by atoms with Crippen LogP contribution in [0.2, 0.25) is 0 Å². The van der Waals surface area contributed by atoms with Gasteiger partial charge >= 0.3 is 0 Å². The number of aryl methyl sites for hydroxylation is 1. The summed E-state index contributed by atoms with van der Waals surface area (Å²) in [6.45, 7) is 4.08. The van der Waals surface area contributed by atoms with E-state index in [1.165, 1.54) is 24.8 Å². The zero-order valence-corrected chi connectivity index (χ0v) is 11.3. The van der Waals surface area contributed by atoms with Gasteiger partial charge in [-0.3, -0.25) is 4.79 Å². The topological polar surface area (TPSA) is 26.3 Å². The molecule has 0 N–H and O–H groups in total. The Morgan fingerprint density at radius 3 is 2.50 bits per heavy atom. The highest BCUT2D eigenvalue weighted by Gasteiger charge is 2.56. The zero-order valence-electron chi connectivity index (χ0n) is 11.3. The van der Waals surface area contributed by atoms with E-state index in [2.05, 4.69) is 6.92 Å². The normalized spacial score (nSPS) is 28.9. The third-order valence-corrected chi connectivity index (χ3v) is 4.86. The molecule has 96 valence electrons. The molecule has 2 aliphatic carbocycles. The first kappa shape index (κ1) is 11.8. The maximum atomic E-state index is 12.6. The van der Waals surface area contributed by atoms with Crippen molar-refractivity contribution in [2.45, 2.75) is 33.1 Å². The van der Waals surface area contributed by atoms with Crippen LogP contribution >= 0.6 is 0 Å². The number of hydrogen-bond acceptors (Lipinski definition) is 2. The number of methoxy groups -OCH3 is 1. The predicted octanol–water partition coefficient (Wildman–Crippen LogP) is 3.54. The van der Waals surface area contributed by atoms with E-state index < -0.39 is 0 Å². The van der Waals surface area contributed by atoms with Crippen molar-refractivity contribution in [3.05, 3.63) is 28.8 Å². The lowest BCUT2D eigenvalue weighted by Gasteiger charge is -2.13. The molecule has 0 aliphatic heterocycles. The van der Waals surface area contributed by atoms with E-state index in [4.69, 9.17) is 4.74 Å². The second-order valence-electron chi connectivity index (χ2n) is 5.74. The Bertz CT molecular complexity index is 494. The zero-order chi connectivity index (χ0) is 12.9. The largest absolute Gasteiger partial charge is 0.496 e. The molecule has 0 aromatic heterocycles. The summed E-state index contributed by atoms with van der Waals surface area (Å²) in [5.41, 5.74) is 3.06. The molecular weight excluding hydrogens is 224 g/mol. The van der Waals surface area contributed by atoms with Crippen molar-refractivity contribution in [3.8, 4) is 5.75 Å². The van der Waals surface area contributed by atoms with Gasteiger partial charge in [-0.2, -0.15) is 0 Å². The molecule has 18 heavy (non-hydrogen) atoms. The summed E-state index contributed by atoms with van der Waals surface area (Å²) < 4.78 is 5.46. The van der Waals surface area contributed by atoms with Crippen LogP contribution in [0.3, 0.4) is 0 Å². The summed E-state index contributed by atoms with van der Waals surface area (Å²) in [6, 6.07) is 3.97. The highest BCUT2D eigenvalue weighted by molar-refractivity contribution is 6.02. The van der Waals surface area contributed by atoms with E-state index in [-0.39, 0.29) is 5.92 Å². The number of Topliss-reactive ketones (excluding diaryl/α,β-unsaturated/α-hetero) is 1. The molecular formula is C16H20O2. The number of carbonyl (C=O) groups is 1. The van der Waals surface area contributed by atoms with E-state index in [0.717, 1.165) is 16.9 Å². The van der Waals surface area contributed by atoms with Crippen LogP contribution in [0.25, 0.3) is 0 Å². The molecule has 2 saturated carbocycles. The van der Waals surface area contributed by atoms with Gasteiger partial charge in [-0.15, -0.1) is 0 Å². The number of hydrogen-bond donors (Lipinski definition) is 0. The van der Waals surface area contributed by atoms with Crippen molar-refractivity contribution in [2.75, 3.05) is 7.11 Å². The minimum atomic E-state index is 0.287. The lowest BCUT2D eigenvalue weighted by atomic mass is 9.96. The molecule has 0 spiro atoms. The molecule has 0 saturated heterocycles. The highest BCUT2D eigenvalue weighted by Crippen LogP contribution is 2.59. The Balaban J connectivity index is 1.93. The SMILES string of the molecule is COc1c(C(=O)C2C3CCCC32)ccc(C)c1C. The molecule has 0 radical (unpaired) electrons. The van der Waals surface area contributed by atoms with Crippen molar-refractivity contribution < 1.29 is 9.53 Å². The molecule has 2 heteroatoms. The van der Waals surface area contributed by atoms with Crippen LogP contribution in [0.15, 0.2) is 12.1 Å². The van der Waals surface area contributed by atoms with E-state index >= 15 is 0 Å². The summed E-state index contributed by atoms with van der Waals surface area (Å²) in [5.74, 6) is 2.72. The molecule has 2 aliphatic rings. The fraction of sp³-hybridized carbons (Fsp3) is 0.562. The van der Waals surface area contributed by atoms with Crippen molar-refractivity contribution in [2.24, 2.45) is 17.8 Å². The molecule has 1 aromatic carbocycles. The maximum absolute atomic E-state index is 12.6. The summed E-state index contributed by atoms with van der Waals surface area (Å²) >= 11 is 0. The van der Waals surface area contributed by atoms with Crippen LogP contribution in [0.1, 0.15) is 40.7 Å². The predicted molar refractivity (Wildman–Crippen MR) is 71.1 cm³/mol. The van der Waals surface area contributed by atoms with Crippen molar-refractivity contribution in [1.29, 1.82) is 0 Å². The van der Waals surface area contributed by atoms with Gasteiger partial charge in [0.05, 0.1) is 12.7 Å². The quantitative estimate of drug-likeness (QED) is 0.760. The first-order valence-corrected chi connectivity index (χ1v) is 6.83. The first-order chi connectivity index (χ1) is 8.65. The number of rotatable bonds is 3. The summed E-state index contributed by atoms with van der Waals surface area (Å²) in [6.07, 6.45) is 3.80. The second-order valence-corrected chi connectivity index (χ2v) is 5.74. The van der Waals surface area contributed by atoms with Crippen molar-refractivity contribution in [3.63, 3.8) is 0 Å². The van der Waals surface area contributed by atoms with Crippen molar-refractivity contribution in [1.82, 2.24) is 0 Å². The van der Waals surface area contributed by atoms with Gasteiger partial charge in [-0.1, -0.05) is 12.5 Å². The Labute approximate surface area is 108 Å². The van der Waals surface area contributed by atoms with Gasteiger partial charge in [0, 0.05) is 5.92 Å². The lowest BCUT2D eigenvalue weighted by molar-refractivity contribution is 0.0948. The number of ketones is 1. The number of carbonyl (C=O) groups excluding carboxylic acids is 1. The summed E-state index contributed by atoms with van der Waals surface area (Å²) in [5, 5.41) is 0. The molecule has 2 fully saturated rings. The highest BCUT2D eigenvalue weighted by atomic mass is 16.5. The molecule has 0 bridgehead atoms. The Morgan fingerprint density at radius 1 is 1.22 bits per heavy atom. The van der Waals surface area contributed by atoms with Gasteiger partial charge in [0.2, 0.25) is 0 Å². The lowest BCUT2D eigenvalue weighted by Crippen LogP contribution is -2.09. The van der Waals surface area contributed by atoms with E-state index in [1.807, 2.05) is 19.1 Å². The Kier molecular flexibility index (Phi) is 2.69. The van der Waals surface area contributed by atoms with Gasteiger partial charge in [0.25, 0.3) is 0 Å². The molecule has 1 aromatic rings. The molecule has 2 atom stereocenters. The molecule has 2 nitrogen and oxygen atoms in total. The monoisotopic (exact) mass is 244 g/mol. The fourth-order valence-electron chi connectivity index (χ4n) is 3.64. The van der Waals surface area contributed by atoms with Crippen LogP contribution in [0.4, 0.5) is 0 Å². The molecule has 0 amide bonds. The van der Waals surface area contributed by atoms with Crippen LogP contribution < -0.4 is 4.74 Å². The minimum absolute atomic E-state index is 0.287. The van der Waals surface area contributed by atoms with Crippen LogP contribution in [0, 0.1) is 31.6 Å². The van der Waals surface area contributed by atoms with Crippen LogP contribution in [-0.2, 0) is 0 Å². The Hall–Kier alpha value is -1.31. The minimum Gasteiger partial charge on any atom is -0.496 e. The molecule has 2 unspecified atom stereocenters. The van der Waals surface area contributed by atoms with Gasteiger partial charge in [0.1, 0.15) is 5.75 Å². The summed E-state index contributed by atoms with van der Waals surface area (Å²) in [7, 11) is 1.66. The average Bonchev–Trinajstić information content (AvgIpc) is 2.84. The van der Waals surface area contributed by atoms with Crippen LogP contribution in [-0.4, -0.2) is 12.9 Å². The van der Waals surface area contributed by atoms with Gasteiger partial charge in [-0.25, -0.2) is 0 Å². The number of fused-ring (bicyclic) bond motifs is 1. The van der Waals surface area contributed by atoms with E-state index in [0.29, 0.717) is 17.6 Å². The smallest absolute Gasteiger partial charge is 0.170 e.